The lowest BCUT2D eigenvalue weighted by atomic mass is 9.85. The lowest BCUT2D eigenvalue weighted by Crippen LogP contribution is -2.38. The maximum absolute atomic E-state index is 12.7. The van der Waals surface area contributed by atoms with Crippen molar-refractivity contribution in [3.8, 4) is 0 Å². The van der Waals surface area contributed by atoms with Crippen LogP contribution in [0.4, 0.5) is 5.69 Å². The van der Waals surface area contributed by atoms with Crippen LogP contribution in [0.3, 0.4) is 0 Å². The third-order valence-electron chi connectivity index (χ3n) is 5.71. The Balaban J connectivity index is 1.43. The second kappa shape index (κ2) is 6.27. The molecule has 2 aliphatic heterocycles. The van der Waals surface area contributed by atoms with Crippen LogP contribution in [0.5, 0.6) is 0 Å². The smallest absolute Gasteiger partial charge is 0.289 e. The fraction of sp³-hybridized carbons (Fsp3) is 0.273. The van der Waals surface area contributed by atoms with Crippen molar-refractivity contribution in [1.82, 2.24) is 9.88 Å². The minimum Gasteiger partial charge on any atom is -0.459 e. The summed E-state index contributed by atoms with van der Waals surface area (Å²) in [7, 11) is 0. The van der Waals surface area contributed by atoms with Gasteiger partial charge in [-0.25, -0.2) is 0 Å². The van der Waals surface area contributed by atoms with E-state index in [0.29, 0.717) is 12.3 Å². The van der Waals surface area contributed by atoms with Crippen molar-refractivity contribution in [2.24, 2.45) is 0 Å². The first-order valence-electron chi connectivity index (χ1n) is 9.32. The number of carbonyl (C=O) groups is 1. The SMILES string of the molecule is O=C(c1ccco1)N1CC[C@@]2(C1)CN(Cc1ccccc1)c1cccnc12. The molecule has 1 spiro atoms. The second-order valence-corrected chi connectivity index (χ2v) is 7.45. The highest BCUT2D eigenvalue weighted by atomic mass is 16.3. The molecule has 2 aliphatic rings. The molecule has 0 saturated carbocycles. The largest absolute Gasteiger partial charge is 0.459 e. The third kappa shape index (κ3) is 2.70. The Bertz CT molecular complexity index is 955. The molecule has 1 aromatic carbocycles. The van der Waals surface area contributed by atoms with E-state index in [-0.39, 0.29) is 11.3 Å². The van der Waals surface area contributed by atoms with Crippen molar-refractivity contribution >= 4 is 11.6 Å². The molecular weight excluding hydrogens is 338 g/mol. The van der Waals surface area contributed by atoms with Gasteiger partial charge >= 0.3 is 0 Å². The Morgan fingerprint density at radius 2 is 1.96 bits per heavy atom. The third-order valence-corrected chi connectivity index (χ3v) is 5.71. The fourth-order valence-electron chi connectivity index (χ4n) is 4.46. The second-order valence-electron chi connectivity index (χ2n) is 7.45. The Labute approximate surface area is 158 Å². The van der Waals surface area contributed by atoms with Gasteiger partial charge in [-0.2, -0.15) is 0 Å². The summed E-state index contributed by atoms with van der Waals surface area (Å²) < 4.78 is 5.31. The molecule has 136 valence electrons. The fourth-order valence-corrected chi connectivity index (χ4v) is 4.46. The van der Waals surface area contributed by atoms with E-state index in [1.165, 1.54) is 11.3 Å². The molecule has 5 nitrogen and oxygen atoms in total. The molecule has 4 heterocycles. The summed E-state index contributed by atoms with van der Waals surface area (Å²) in [5.41, 5.74) is 3.49. The number of hydrogen-bond donors (Lipinski definition) is 0. The van der Waals surface area contributed by atoms with Crippen LogP contribution in [-0.2, 0) is 12.0 Å². The number of nitrogens with zero attached hydrogens (tertiary/aromatic N) is 3. The van der Waals surface area contributed by atoms with E-state index >= 15 is 0 Å². The van der Waals surface area contributed by atoms with Gasteiger partial charge in [-0.1, -0.05) is 30.3 Å². The van der Waals surface area contributed by atoms with E-state index in [2.05, 4.69) is 35.2 Å². The number of fused-ring (bicyclic) bond motifs is 2. The number of benzene rings is 1. The zero-order chi connectivity index (χ0) is 18.3. The average Bonchev–Trinajstić information content (AvgIpc) is 3.44. The van der Waals surface area contributed by atoms with Gasteiger partial charge in [-0.15, -0.1) is 0 Å². The summed E-state index contributed by atoms with van der Waals surface area (Å²) >= 11 is 0. The Morgan fingerprint density at radius 1 is 1.07 bits per heavy atom. The van der Waals surface area contributed by atoms with Gasteiger partial charge in [0.15, 0.2) is 5.76 Å². The van der Waals surface area contributed by atoms with Crippen LogP contribution in [0.1, 0.15) is 28.2 Å². The van der Waals surface area contributed by atoms with E-state index in [4.69, 9.17) is 9.40 Å². The summed E-state index contributed by atoms with van der Waals surface area (Å²) in [5.74, 6) is 0.378. The monoisotopic (exact) mass is 359 g/mol. The van der Waals surface area contributed by atoms with Gasteiger partial charge in [0.1, 0.15) is 0 Å². The van der Waals surface area contributed by atoms with E-state index in [9.17, 15) is 4.79 Å². The zero-order valence-corrected chi connectivity index (χ0v) is 15.0. The van der Waals surface area contributed by atoms with Gasteiger partial charge in [0.05, 0.1) is 23.1 Å². The number of likely N-dealkylation sites (tertiary alicyclic amines) is 1. The number of pyridine rings is 1. The van der Waals surface area contributed by atoms with Crippen LogP contribution < -0.4 is 4.90 Å². The van der Waals surface area contributed by atoms with E-state index in [0.717, 1.165) is 31.7 Å². The van der Waals surface area contributed by atoms with Crippen LogP contribution in [0.2, 0.25) is 0 Å². The Kier molecular flexibility index (Phi) is 3.74. The lowest BCUT2D eigenvalue weighted by molar-refractivity contribution is 0.0752. The van der Waals surface area contributed by atoms with Crippen molar-refractivity contribution in [2.45, 2.75) is 18.4 Å². The number of furan rings is 1. The van der Waals surface area contributed by atoms with Gasteiger partial charge in [0.2, 0.25) is 0 Å². The maximum atomic E-state index is 12.7. The summed E-state index contributed by atoms with van der Waals surface area (Å²) in [5, 5.41) is 0. The van der Waals surface area contributed by atoms with Crippen LogP contribution in [-0.4, -0.2) is 35.4 Å². The molecule has 5 rings (SSSR count). The van der Waals surface area contributed by atoms with Crippen molar-refractivity contribution < 1.29 is 9.21 Å². The molecule has 1 fully saturated rings. The number of rotatable bonds is 3. The number of amides is 1. The first-order valence-corrected chi connectivity index (χ1v) is 9.32. The average molecular weight is 359 g/mol. The van der Waals surface area contributed by atoms with Crippen LogP contribution in [0.15, 0.2) is 71.5 Å². The highest BCUT2D eigenvalue weighted by molar-refractivity contribution is 5.91. The predicted octanol–water partition coefficient (Wildman–Crippen LogP) is 3.48. The van der Waals surface area contributed by atoms with E-state index in [1.54, 1.807) is 18.4 Å². The molecular formula is C22H21N3O2. The molecule has 0 unspecified atom stereocenters. The summed E-state index contributed by atoms with van der Waals surface area (Å²) in [6.45, 7) is 3.15. The van der Waals surface area contributed by atoms with Crippen LogP contribution in [0.25, 0.3) is 0 Å². The molecule has 3 aromatic rings. The molecule has 0 radical (unpaired) electrons. The highest BCUT2D eigenvalue weighted by Crippen LogP contribution is 2.45. The minimum absolute atomic E-state index is 0.0316. The quantitative estimate of drug-likeness (QED) is 0.718. The molecule has 1 atom stereocenters. The molecule has 5 heteroatoms. The molecule has 27 heavy (non-hydrogen) atoms. The summed E-state index contributed by atoms with van der Waals surface area (Å²) in [6.07, 6.45) is 4.34. The molecule has 0 N–H and O–H groups in total. The minimum atomic E-state index is -0.104. The first kappa shape index (κ1) is 16.1. The van der Waals surface area contributed by atoms with Gasteiger partial charge in [0.25, 0.3) is 5.91 Å². The molecule has 0 aliphatic carbocycles. The van der Waals surface area contributed by atoms with Gasteiger partial charge in [-0.3, -0.25) is 9.78 Å². The van der Waals surface area contributed by atoms with E-state index < -0.39 is 0 Å². The number of aromatic nitrogens is 1. The van der Waals surface area contributed by atoms with E-state index in [1.807, 2.05) is 23.2 Å². The molecule has 0 bridgehead atoms. The van der Waals surface area contributed by atoms with Crippen molar-refractivity contribution in [1.29, 1.82) is 0 Å². The highest BCUT2D eigenvalue weighted by Gasteiger charge is 2.49. The normalized spacial score (nSPS) is 21.0. The number of carbonyl (C=O) groups excluding carboxylic acids is 1. The number of hydrogen-bond acceptors (Lipinski definition) is 4. The van der Waals surface area contributed by atoms with Crippen LogP contribution >= 0.6 is 0 Å². The van der Waals surface area contributed by atoms with Crippen molar-refractivity contribution in [2.75, 3.05) is 24.5 Å². The van der Waals surface area contributed by atoms with Gasteiger partial charge in [0, 0.05) is 32.4 Å². The first-order chi connectivity index (χ1) is 13.3. The van der Waals surface area contributed by atoms with Crippen molar-refractivity contribution in [3.63, 3.8) is 0 Å². The molecule has 1 amide bonds. The topological polar surface area (TPSA) is 49.6 Å². The number of anilines is 1. The Morgan fingerprint density at radius 3 is 2.78 bits per heavy atom. The predicted molar refractivity (Wildman–Crippen MR) is 103 cm³/mol. The van der Waals surface area contributed by atoms with Gasteiger partial charge in [-0.05, 0) is 36.2 Å². The standard InChI is InChI=1S/C22H21N3O2/c26-21(19-9-5-13-27-19)24-12-10-22(15-24)16-25(14-17-6-2-1-3-7-17)18-8-4-11-23-20(18)22/h1-9,11,13H,10,12,14-16H2/t22-/m1/s1. The van der Waals surface area contributed by atoms with Crippen molar-refractivity contribution in [3.05, 3.63) is 84.1 Å². The summed E-state index contributed by atoms with van der Waals surface area (Å²) in [6, 6.07) is 18.1. The van der Waals surface area contributed by atoms with Crippen LogP contribution in [0, 0.1) is 0 Å². The molecule has 1 saturated heterocycles. The zero-order valence-electron chi connectivity index (χ0n) is 15.0. The molecule has 2 aromatic heterocycles. The maximum Gasteiger partial charge on any atom is 0.289 e. The lowest BCUT2D eigenvalue weighted by Gasteiger charge is -2.25. The van der Waals surface area contributed by atoms with Gasteiger partial charge < -0.3 is 14.2 Å². The Hall–Kier alpha value is -3.08. The summed E-state index contributed by atoms with van der Waals surface area (Å²) in [4.78, 5) is 21.8.